The van der Waals surface area contributed by atoms with E-state index in [0.717, 1.165) is 42.0 Å². The van der Waals surface area contributed by atoms with E-state index >= 15 is 0 Å². The van der Waals surface area contributed by atoms with E-state index in [4.69, 9.17) is 4.74 Å². The first-order chi connectivity index (χ1) is 8.20. The van der Waals surface area contributed by atoms with Crippen LogP contribution in [0.3, 0.4) is 0 Å². The molecule has 1 aromatic heterocycles. The van der Waals surface area contributed by atoms with Gasteiger partial charge in [0.05, 0.1) is 12.7 Å². The summed E-state index contributed by atoms with van der Waals surface area (Å²) in [5, 5.41) is 9.39. The number of hydrogen-bond donors (Lipinski definition) is 1. The first kappa shape index (κ1) is 12.8. The Morgan fingerprint density at radius 2 is 2.47 bits per heavy atom. The highest BCUT2D eigenvalue weighted by Crippen LogP contribution is 2.23. The summed E-state index contributed by atoms with van der Waals surface area (Å²) in [6.07, 6.45) is 2.96. The van der Waals surface area contributed by atoms with Crippen molar-refractivity contribution in [2.75, 3.05) is 24.6 Å². The number of aliphatic hydroxyl groups is 1. The van der Waals surface area contributed by atoms with E-state index in [1.165, 1.54) is 0 Å². The second-order valence-corrected chi connectivity index (χ2v) is 5.19. The molecule has 2 heterocycles. The molecule has 2 rings (SSSR count). The average molecular weight is 301 g/mol. The van der Waals surface area contributed by atoms with Gasteiger partial charge in [-0.3, -0.25) is 0 Å². The van der Waals surface area contributed by atoms with Gasteiger partial charge < -0.3 is 14.7 Å². The summed E-state index contributed by atoms with van der Waals surface area (Å²) < 4.78 is 6.50. The number of pyridine rings is 1. The summed E-state index contributed by atoms with van der Waals surface area (Å²) in [6, 6.07) is 1.92. The quantitative estimate of drug-likeness (QED) is 0.907. The summed E-state index contributed by atoms with van der Waals surface area (Å²) in [4.78, 5) is 6.60. The van der Waals surface area contributed by atoms with Crippen LogP contribution < -0.4 is 4.90 Å². The molecule has 1 atom stereocenters. The first-order valence-electron chi connectivity index (χ1n) is 5.82. The van der Waals surface area contributed by atoms with E-state index < -0.39 is 0 Å². The fraction of sp³-hybridized carbons (Fsp3) is 0.583. The van der Waals surface area contributed by atoms with Gasteiger partial charge in [-0.25, -0.2) is 4.98 Å². The van der Waals surface area contributed by atoms with Crippen LogP contribution in [-0.2, 0) is 11.3 Å². The Hall–Kier alpha value is -0.650. The predicted octanol–water partition coefficient (Wildman–Crippen LogP) is 1.95. The predicted molar refractivity (Wildman–Crippen MR) is 70.1 cm³/mol. The minimum Gasteiger partial charge on any atom is -0.392 e. The second-order valence-electron chi connectivity index (χ2n) is 4.28. The van der Waals surface area contributed by atoms with Crippen LogP contribution in [0.25, 0.3) is 0 Å². The Kier molecular flexibility index (Phi) is 4.36. The molecule has 1 aliphatic heterocycles. The SMILES string of the molecule is CC1CN(c2ncc(Br)cc2CO)CCCO1. The largest absolute Gasteiger partial charge is 0.392 e. The highest BCUT2D eigenvalue weighted by Gasteiger charge is 2.18. The lowest BCUT2D eigenvalue weighted by Gasteiger charge is -2.25. The average Bonchev–Trinajstić information content (AvgIpc) is 2.53. The second kappa shape index (κ2) is 5.80. The molecular formula is C12H17BrN2O2. The van der Waals surface area contributed by atoms with Gasteiger partial charge in [0, 0.05) is 35.9 Å². The van der Waals surface area contributed by atoms with E-state index in [1.54, 1.807) is 6.20 Å². The van der Waals surface area contributed by atoms with E-state index in [0.29, 0.717) is 0 Å². The van der Waals surface area contributed by atoms with Gasteiger partial charge in [0.2, 0.25) is 0 Å². The number of aliphatic hydroxyl groups excluding tert-OH is 1. The van der Waals surface area contributed by atoms with Crippen molar-refractivity contribution in [2.45, 2.75) is 26.1 Å². The van der Waals surface area contributed by atoms with Crippen molar-refractivity contribution < 1.29 is 9.84 Å². The fourth-order valence-corrected chi connectivity index (χ4v) is 2.44. The van der Waals surface area contributed by atoms with Crippen LogP contribution in [-0.4, -0.2) is 35.9 Å². The number of hydrogen-bond acceptors (Lipinski definition) is 4. The van der Waals surface area contributed by atoms with Gasteiger partial charge in [-0.05, 0) is 35.3 Å². The molecule has 0 aromatic carbocycles. The summed E-state index contributed by atoms with van der Waals surface area (Å²) in [5.74, 6) is 0.869. The van der Waals surface area contributed by atoms with Crippen molar-refractivity contribution >= 4 is 21.7 Å². The Balaban J connectivity index is 2.25. The van der Waals surface area contributed by atoms with Gasteiger partial charge in [-0.15, -0.1) is 0 Å². The molecule has 0 aliphatic carbocycles. The number of anilines is 1. The van der Waals surface area contributed by atoms with Crippen molar-refractivity contribution in [1.82, 2.24) is 4.98 Å². The molecule has 1 fully saturated rings. The van der Waals surface area contributed by atoms with Gasteiger partial charge in [0.1, 0.15) is 5.82 Å². The molecule has 1 N–H and O–H groups in total. The summed E-state index contributed by atoms with van der Waals surface area (Å²) in [6.45, 7) is 4.61. The maximum Gasteiger partial charge on any atom is 0.134 e. The zero-order valence-electron chi connectivity index (χ0n) is 9.90. The van der Waals surface area contributed by atoms with Crippen LogP contribution >= 0.6 is 15.9 Å². The molecule has 1 aromatic rings. The van der Waals surface area contributed by atoms with Crippen LogP contribution in [0, 0.1) is 0 Å². The standard InChI is InChI=1S/C12H17BrN2O2/c1-9-7-15(3-2-4-17-9)12-10(8-16)5-11(13)6-14-12/h5-6,9,16H,2-4,7-8H2,1H3. The van der Waals surface area contributed by atoms with Crippen LogP contribution in [0.2, 0.25) is 0 Å². The monoisotopic (exact) mass is 300 g/mol. The molecule has 0 amide bonds. The van der Waals surface area contributed by atoms with Gasteiger partial charge in [-0.2, -0.15) is 0 Å². The van der Waals surface area contributed by atoms with Crippen molar-refractivity contribution in [1.29, 1.82) is 0 Å². The van der Waals surface area contributed by atoms with E-state index in [1.807, 2.05) is 6.07 Å². The number of halogens is 1. The lowest BCUT2D eigenvalue weighted by Crippen LogP contribution is -2.31. The molecule has 17 heavy (non-hydrogen) atoms. The number of ether oxygens (including phenoxy) is 1. The minimum atomic E-state index is 0.00745. The number of nitrogens with zero attached hydrogens (tertiary/aromatic N) is 2. The van der Waals surface area contributed by atoms with Gasteiger partial charge in [0.25, 0.3) is 0 Å². The first-order valence-corrected chi connectivity index (χ1v) is 6.62. The smallest absolute Gasteiger partial charge is 0.134 e. The van der Waals surface area contributed by atoms with Crippen LogP contribution in [0.1, 0.15) is 18.9 Å². The van der Waals surface area contributed by atoms with Crippen molar-refractivity contribution in [3.05, 3.63) is 22.3 Å². The maximum atomic E-state index is 9.39. The zero-order chi connectivity index (χ0) is 12.3. The summed E-state index contributed by atoms with van der Waals surface area (Å²) in [7, 11) is 0. The number of aromatic nitrogens is 1. The lowest BCUT2D eigenvalue weighted by molar-refractivity contribution is 0.0820. The molecule has 94 valence electrons. The molecule has 4 nitrogen and oxygen atoms in total. The van der Waals surface area contributed by atoms with E-state index in [-0.39, 0.29) is 12.7 Å². The Labute approximate surface area is 110 Å². The van der Waals surface area contributed by atoms with Gasteiger partial charge in [-0.1, -0.05) is 0 Å². The third-order valence-electron chi connectivity index (χ3n) is 2.83. The summed E-state index contributed by atoms with van der Waals surface area (Å²) in [5.41, 5.74) is 0.855. The van der Waals surface area contributed by atoms with Crippen LogP contribution in [0.5, 0.6) is 0 Å². The summed E-state index contributed by atoms with van der Waals surface area (Å²) >= 11 is 3.37. The fourth-order valence-electron chi connectivity index (χ4n) is 2.06. The van der Waals surface area contributed by atoms with E-state index in [9.17, 15) is 5.11 Å². The Morgan fingerprint density at radius 1 is 1.65 bits per heavy atom. The highest BCUT2D eigenvalue weighted by atomic mass is 79.9. The van der Waals surface area contributed by atoms with Gasteiger partial charge in [0.15, 0.2) is 0 Å². The molecule has 1 unspecified atom stereocenters. The lowest BCUT2D eigenvalue weighted by atomic mass is 10.2. The van der Waals surface area contributed by atoms with Crippen LogP contribution in [0.4, 0.5) is 5.82 Å². The molecule has 0 spiro atoms. The normalized spacial score (nSPS) is 21.4. The molecular weight excluding hydrogens is 284 g/mol. The van der Waals surface area contributed by atoms with E-state index in [2.05, 4.69) is 32.7 Å². The molecule has 0 bridgehead atoms. The van der Waals surface area contributed by atoms with Crippen molar-refractivity contribution in [2.24, 2.45) is 0 Å². The van der Waals surface area contributed by atoms with Crippen molar-refractivity contribution in [3.8, 4) is 0 Å². The molecule has 0 saturated carbocycles. The van der Waals surface area contributed by atoms with Gasteiger partial charge >= 0.3 is 0 Å². The molecule has 1 saturated heterocycles. The number of rotatable bonds is 2. The highest BCUT2D eigenvalue weighted by molar-refractivity contribution is 9.10. The Bertz CT molecular complexity index is 387. The molecule has 0 radical (unpaired) electrons. The maximum absolute atomic E-state index is 9.39. The zero-order valence-corrected chi connectivity index (χ0v) is 11.5. The topological polar surface area (TPSA) is 45.6 Å². The van der Waals surface area contributed by atoms with Crippen molar-refractivity contribution in [3.63, 3.8) is 0 Å². The van der Waals surface area contributed by atoms with Crippen LogP contribution in [0.15, 0.2) is 16.7 Å². The molecule has 1 aliphatic rings. The third-order valence-corrected chi connectivity index (χ3v) is 3.27. The Morgan fingerprint density at radius 3 is 3.24 bits per heavy atom. The third kappa shape index (κ3) is 3.18. The molecule has 5 heteroatoms. The minimum absolute atomic E-state index is 0.00745.